The van der Waals surface area contributed by atoms with Crippen molar-refractivity contribution in [1.82, 2.24) is 0 Å². The first-order valence-corrected chi connectivity index (χ1v) is 36.0. The number of likely N-dealkylation sites (N-methyl/N-ethyl adjacent to an activating group) is 1. The molecule has 0 spiro atoms. The number of hydrogen-bond acceptors (Lipinski definition) is 8. The molecule has 9 heteroatoms. The molecular formula is C80H133NO8. The predicted molar refractivity (Wildman–Crippen MR) is 379 cm³/mol. The van der Waals surface area contributed by atoms with E-state index in [0.717, 1.165) is 103 Å². The molecule has 0 aromatic heterocycles. The molecule has 0 aromatic carbocycles. The molecular weight excluding hydrogens is 1100 g/mol. The summed E-state index contributed by atoms with van der Waals surface area (Å²) in [5.41, 5.74) is 0. The van der Waals surface area contributed by atoms with E-state index in [1.165, 1.54) is 148 Å². The molecule has 0 aliphatic carbocycles. The Morgan fingerprint density at radius 1 is 0.348 bits per heavy atom. The summed E-state index contributed by atoms with van der Waals surface area (Å²) in [6.07, 6.45) is 98.0. The average Bonchev–Trinajstić information content (AvgIpc) is 3.64. The molecule has 0 amide bonds. The molecule has 0 N–H and O–H groups in total. The maximum absolute atomic E-state index is 12.9. The van der Waals surface area contributed by atoms with Crippen LogP contribution in [0.1, 0.15) is 284 Å². The number of quaternary nitrogens is 1. The van der Waals surface area contributed by atoms with E-state index in [-0.39, 0.29) is 38.6 Å². The summed E-state index contributed by atoms with van der Waals surface area (Å²) in [6, 6.07) is 0. The number of hydrogen-bond donors (Lipinski definition) is 0. The van der Waals surface area contributed by atoms with E-state index in [2.05, 4.69) is 160 Å². The van der Waals surface area contributed by atoms with Gasteiger partial charge in [0.2, 0.25) is 0 Å². The predicted octanol–water partition coefficient (Wildman–Crippen LogP) is 21.4. The normalized spacial score (nSPS) is 13.6. The van der Waals surface area contributed by atoms with Crippen LogP contribution in [0.5, 0.6) is 0 Å². The van der Waals surface area contributed by atoms with Crippen molar-refractivity contribution < 1.29 is 42.9 Å². The maximum atomic E-state index is 12.9. The van der Waals surface area contributed by atoms with Crippen molar-refractivity contribution >= 4 is 17.9 Å². The molecule has 0 heterocycles. The molecule has 89 heavy (non-hydrogen) atoms. The molecule has 0 aliphatic rings. The van der Waals surface area contributed by atoms with Crippen LogP contribution in [0.4, 0.5) is 0 Å². The Bertz CT molecular complexity index is 1970. The van der Waals surface area contributed by atoms with Crippen LogP contribution in [0.2, 0.25) is 0 Å². The molecule has 0 bridgehead atoms. The number of carbonyl (C=O) groups is 3. The Labute approximate surface area is 547 Å². The number of ether oxygens (including phenoxy) is 4. The van der Waals surface area contributed by atoms with E-state index in [9.17, 15) is 19.5 Å². The van der Waals surface area contributed by atoms with Crippen LogP contribution in [0, 0.1) is 0 Å². The van der Waals surface area contributed by atoms with Gasteiger partial charge in [-0.25, -0.2) is 0 Å². The number of aliphatic carboxylic acids is 1. The highest BCUT2D eigenvalue weighted by Gasteiger charge is 2.22. The lowest BCUT2D eigenvalue weighted by Crippen LogP contribution is -2.44. The van der Waals surface area contributed by atoms with E-state index in [1.54, 1.807) is 0 Å². The Balaban J connectivity index is 4.22. The van der Waals surface area contributed by atoms with E-state index < -0.39 is 24.3 Å². The first-order valence-electron chi connectivity index (χ1n) is 36.0. The van der Waals surface area contributed by atoms with Crippen molar-refractivity contribution in [3.05, 3.63) is 146 Å². The minimum Gasteiger partial charge on any atom is -0.545 e. The van der Waals surface area contributed by atoms with Crippen LogP contribution in [0.15, 0.2) is 146 Å². The molecule has 0 rings (SSSR count). The summed E-state index contributed by atoms with van der Waals surface area (Å²) in [5.74, 6) is -2.35. The van der Waals surface area contributed by atoms with Gasteiger partial charge in [0, 0.05) is 12.8 Å². The molecule has 0 saturated carbocycles. The summed E-state index contributed by atoms with van der Waals surface area (Å²) in [5, 5.41) is 11.8. The molecule has 2 atom stereocenters. The third kappa shape index (κ3) is 70.5. The highest BCUT2D eigenvalue weighted by atomic mass is 16.7. The number of nitrogens with zero attached hydrogens (tertiary/aromatic N) is 1. The monoisotopic (exact) mass is 1240 g/mol. The minimum atomic E-state index is -1.64. The van der Waals surface area contributed by atoms with Crippen molar-refractivity contribution in [2.75, 3.05) is 47.5 Å². The Morgan fingerprint density at radius 2 is 0.640 bits per heavy atom. The van der Waals surface area contributed by atoms with E-state index in [4.69, 9.17) is 18.9 Å². The molecule has 0 fully saturated rings. The third-order valence-corrected chi connectivity index (χ3v) is 15.1. The molecule has 0 radical (unpaired) electrons. The van der Waals surface area contributed by atoms with Gasteiger partial charge in [-0.1, -0.05) is 295 Å². The first-order chi connectivity index (χ1) is 43.6. The second-order valence-electron chi connectivity index (χ2n) is 24.8. The first kappa shape index (κ1) is 84.2. The highest BCUT2D eigenvalue weighted by Crippen LogP contribution is 2.17. The van der Waals surface area contributed by atoms with Crippen LogP contribution in [0.3, 0.4) is 0 Å². The van der Waals surface area contributed by atoms with Crippen molar-refractivity contribution in [3.8, 4) is 0 Å². The zero-order valence-corrected chi connectivity index (χ0v) is 57.8. The molecule has 0 saturated heterocycles. The van der Waals surface area contributed by atoms with E-state index in [1.807, 2.05) is 21.1 Å². The lowest BCUT2D eigenvalue weighted by Gasteiger charge is -2.26. The average molecular weight is 1240 g/mol. The van der Waals surface area contributed by atoms with Gasteiger partial charge < -0.3 is 33.3 Å². The fourth-order valence-corrected chi connectivity index (χ4v) is 9.60. The van der Waals surface area contributed by atoms with Gasteiger partial charge in [0.1, 0.15) is 13.2 Å². The topological polar surface area (TPSA) is 111 Å². The molecule has 9 nitrogen and oxygen atoms in total. The zero-order valence-electron chi connectivity index (χ0n) is 57.8. The van der Waals surface area contributed by atoms with E-state index in [0.29, 0.717) is 17.4 Å². The van der Waals surface area contributed by atoms with Gasteiger partial charge in [0.15, 0.2) is 12.4 Å². The fraction of sp³-hybridized carbons (Fsp3) is 0.662. The van der Waals surface area contributed by atoms with Crippen molar-refractivity contribution in [3.63, 3.8) is 0 Å². The number of carbonyl (C=O) groups excluding carboxylic acids is 3. The molecule has 2 unspecified atom stereocenters. The van der Waals surface area contributed by atoms with Crippen LogP contribution in [-0.4, -0.2) is 82.3 Å². The minimum absolute atomic E-state index is 0.132. The molecule has 506 valence electrons. The lowest BCUT2D eigenvalue weighted by molar-refractivity contribution is -0.870. The largest absolute Gasteiger partial charge is 0.545 e. The van der Waals surface area contributed by atoms with Gasteiger partial charge in [0.25, 0.3) is 0 Å². The fourth-order valence-electron chi connectivity index (χ4n) is 9.60. The van der Waals surface area contributed by atoms with Crippen LogP contribution in [0.25, 0.3) is 0 Å². The van der Waals surface area contributed by atoms with E-state index >= 15 is 0 Å². The number of esters is 2. The van der Waals surface area contributed by atoms with Crippen molar-refractivity contribution in [2.24, 2.45) is 0 Å². The summed E-state index contributed by atoms with van der Waals surface area (Å²) in [6.45, 7) is 4.58. The number of carboxylic acids is 1. The smallest absolute Gasteiger partial charge is 0.306 e. The second kappa shape index (κ2) is 69.1. The van der Waals surface area contributed by atoms with Crippen LogP contribution >= 0.6 is 0 Å². The molecule has 0 aromatic rings. The van der Waals surface area contributed by atoms with Crippen LogP contribution < -0.4 is 5.11 Å². The Kier molecular flexibility index (Phi) is 65.3. The number of allylic oxidation sites excluding steroid dienone is 24. The number of unbranched alkanes of at least 4 members (excludes halogenated alkanes) is 26. The number of rotatable bonds is 65. The summed E-state index contributed by atoms with van der Waals surface area (Å²) in [4.78, 5) is 37.5. The number of carboxylic acid groups (broad SMARTS) is 1. The maximum Gasteiger partial charge on any atom is 0.306 e. The SMILES string of the molecule is CC/C=C\C/C=C\C/C=C\C/C=C\C/C=C\C/C=C\C/C=C\C/C=C\C/C=C\C/C=C\CCCCC(=O)OC(COC(=O)CCCCCCCCCCCCCCCCCCCCC/C=C\C/C=C\CCCCCCC)COC(OCC[N+](C)(C)C)C(=O)[O-]. The highest BCUT2D eigenvalue weighted by molar-refractivity contribution is 5.70. The standard InChI is InChI=1S/C80H133NO8/c1-6-8-10-12-14-16-18-20-22-24-26-28-30-32-34-36-38-39-41-43-45-47-49-51-53-55-57-59-61-63-65-67-69-71-78(83)89-76(75-88-80(79(84)85)86-73-72-81(3,4)5)74-87-77(82)70-68-66-64-62-60-58-56-54-52-50-48-46-44-42-40-37-35-33-31-29-27-25-23-21-19-17-15-13-11-9-7-2/h8,10,14,16,19-22,25-28,32,34,38-39,43,45,49,51,55,57,61,63,76,80H,6-7,9,11-13,15,17-18,23-24,29-31,33,35-37,40-42,44,46-48,50,52-54,56,58-60,62,64-75H2,1-5H3/b10-8-,16-14-,21-19-,22-20-,27-25-,28-26-,34-32-,39-38-,45-43-,51-49-,57-55-,63-61-. The molecule has 0 aliphatic heterocycles. The van der Waals surface area contributed by atoms with Crippen LogP contribution in [-0.2, 0) is 33.3 Å². The van der Waals surface area contributed by atoms with Gasteiger partial charge in [-0.05, 0) is 122 Å². The summed E-state index contributed by atoms with van der Waals surface area (Å²) >= 11 is 0. The second-order valence-corrected chi connectivity index (χ2v) is 24.8. The van der Waals surface area contributed by atoms with Gasteiger partial charge in [-0.3, -0.25) is 9.59 Å². The Hall–Kier alpha value is -4.83. The summed E-state index contributed by atoms with van der Waals surface area (Å²) < 4.78 is 22.7. The van der Waals surface area contributed by atoms with Crippen molar-refractivity contribution in [2.45, 2.75) is 296 Å². The summed E-state index contributed by atoms with van der Waals surface area (Å²) in [7, 11) is 5.91. The zero-order chi connectivity index (χ0) is 64.7. The van der Waals surface area contributed by atoms with Gasteiger partial charge in [-0.15, -0.1) is 0 Å². The van der Waals surface area contributed by atoms with Gasteiger partial charge >= 0.3 is 11.9 Å². The quantitative estimate of drug-likeness (QED) is 0.0195. The van der Waals surface area contributed by atoms with Gasteiger partial charge in [0.05, 0.1) is 40.3 Å². The lowest BCUT2D eigenvalue weighted by atomic mass is 10.0. The van der Waals surface area contributed by atoms with Gasteiger partial charge in [-0.2, -0.15) is 0 Å². The third-order valence-electron chi connectivity index (χ3n) is 15.1. The Morgan fingerprint density at radius 3 is 0.978 bits per heavy atom. The van der Waals surface area contributed by atoms with Crippen molar-refractivity contribution in [1.29, 1.82) is 0 Å².